The summed E-state index contributed by atoms with van der Waals surface area (Å²) in [4.78, 5) is 7.13. The van der Waals surface area contributed by atoms with E-state index in [4.69, 9.17) is 0 Å². The van der Waals surface area contributed by atoms with Crippen molar-refractivity contribution in [3.8, 4) is 0 Å². The normalized spacial score (nSPS) is 18.3. The third-order valence-electron chi connectivity index (χ3n) is 5.32. The number of benzene rings is 2. The second-order valence-electron chi connectivity index (χ2n) is 8.04. The predicted molar refractivity (Wildman–Crippen MR) is 128 cm³/mol. The lowest BCUT2D eigenvalue weighted by atomic mass is 10.1. The lowest BCUT2D eigenvalue weighted by Crippen LogP contribution is -2.44. The van der Waals surface area contributed by atoms with E-state index in [0.29, 0.717) is 18.9 Å². The molecule has 31 heavy (non-hydrogen) atoms. The molecule has 1 fully saturated rings. The Labute approximate surface area is 186 Å². The summed E-state index contributed by atoms with van der Waals surface area (Å²) in [5, 5.41) is 6.52. The highest BCUT2D eigenvalue weighted by molar-refractivity contribution is 7.91. The SMILES string of the molecule is CCNC(=NCCCN(Cc1ccccc1)Cc1ccccc1)NC1CCS(=O)(=O)C1. The van der Waals surface area contributed by atoms with Crippen molar-refractivity contribution in [3.63, 3.8) is 0 Å². The minimum Gasteiger partial charge on any atom is -0.357 e. The van der Waals surface area contributed by atoms with Crippen LogP contribution in [0.4, 0.5) is 0 Å². The lowest BCUT2D eigenvalue weighted by Gasteiger charge is -2.22. The van der Waals surface area contributed by atoms with Crippen molar-refractivity contribution in [1.82, 2.24) is 15.5 Å². The van der Waals surface area contributed by atoms with E-state index in [-0.39, 0.29) is 17.5 Å². The van der Waals surface area contributed by atoms with Crippen LogP contribution in [0.25, 0.3) is 0 Å². The molecule has 1 atom stereocenters. The summed E-state index contributed by atoms with van der Waals surface area (Å²) in [6, 6.07) is 21.0. The highest BCUT2D eigenvalue weighted by Crippen LogP contribution is 2.12. The quantitative estimate of drug-likeness (QED) is 0.336. The van der Waals surface area contributed by atoms with E-state index in [2.05, 4.69) is 69.1 Å². The summed E-state index contributed by atoms with van der Waals surface area (Å²) in [7, 11) is -2.90. The van der Waals surface area contributed by atoms with Gasteiger partial charge in [-0.2, -0.15) is 0 Å². The van der Waals surface area contributed by atoms with E-state index in [1.165, 1.54) is 11.1 Å². The van der Waals surface area contributed by atoms with Crippen molar-refractivity contribution in [2.24, 2.45) is 4.99 Å². The number of sulfone groups is 1. The minimum absolute atomic E-state index is 0.0459. The first-order valence-electron chi connectivity index (χ1n) is 11.1. The van der Waals surface area contributed by atoms with Gasteiger partial charge in [0.25, 0.3) is 0 Å². The minimum atomic E-state index is -2.90. The van der Waals surface area contributed by atoms with E-state index >= 15 is 0 Å². The molecule has 0 radical (unpaired) electrons. The second-order valence-corrected chi connectivity index (χ2v) is 10.3. The highest BCUT2D eigenvalue weighted by Gasteiger charge is 2.28. The first-order valence-corrected chi connectivity index (χ1v) is 12.9. The molecule has 0 spiro atoms. The molecule has 0 saturated carbocycles. The van der Waals surface area contributed by atoms with Gasteiger partial charge in [0.1, 0.15) is 0 Å². The average Bonchev–Trinajstić information content (AvgIpc) is 3.11. The molecule has 1 aliphatic rings. The highest BCUT2D eigenvalue weighted by atomic mass is 32.2. The maximum Gasteiger partial charge on any atom is 0.191 e. The Hall–Kier alpha value is -2.38. The maximum atomic E-state index is 11.7. The van der Waals surface area contributed by atoms with Crippen LogP contribution in [0.1, 0.15) is 30.9 Å². The van der Waals surface area contributed by atoms with Crippen LogP contribution in [0.15, 0.2) is 65.7 Å². The summed E-state index contributed by atoms with van der Waals surface area (Å²) in [6.07, 6.45) is 1.58. The van der Waals surface area contributed by atoms with Gasteiger partial charge < -0.3 is 10.6 Å². The zero-order valence-corrected chi connectivity index (χ0v) is 19.2. The largest absolute Gasteiger partial charge is 0.357 e. The van der Waals surface area contributed by atoms with Crippen LogP contribution in [0.2, 0.25) is 0 Å². The number of rotatable bonds is 10. The van der Waals surface area contributed by atoms with Crippen LogP contribution >= 0.6 is 0 Å². The molecule has 2 aromatic carbocycles. The standard InChI is InChI=1S/C24H34N4O2S/c1-2-25-24(27-23-14-17-31(29,30)20-23)26-15-9-16-28(18-21-10-5-3-6-11-21)19-22-12-7-4-8-13-22/h3-8,10-13,23H,2,9,14-20H2,1H3,(H2,25,26,27). The third kappa shape index (κ3) is 8.34. The molecule has 1 saturated heterocycles. The number of hydrogen-bond acceptors (Lipinski definition) is 4. The van der Waals surface area contributed by atoms with Crippen molar-refractivity contribution in [1.29, 1.82) is 0 Å². The molecule has 0 amide bonds. The Morgan fingerprint density at radius 3 is 2.16 bits per heavy atom. The number of hydrogen-bond donors (Lipinski definition) is 2. The van der Waals surface area contributed by atoms with Crippen molar-refractivity contribution in [2.45, 2.75) is 38.9 Å². The van der Waals surface area contributed by atoms with Crippen LogP contribution < -0.4 is 10.6 Å². The monoisotopic (exact) mass is 442 g/mol. The summed E-state index contributed by atoms with van der Waals surface area (Å²) < 4.78 is 23.4. The zero-order valence-electron chi connectivity index (χ0n) is 18.3. The molecule has 7 heteroatoms. The molecule has 1 heterocycles. The molecule has 0 aromatic heterocycles. The fraction of sp³-hybridized carbons (Fsp3) is 0.458. The van der Waals surface area contributed by atoms with Crippen LogP contribution in [-0.4, -0.2) is 56.5 Å². The third-order valence-corrected chi connectivity index (χ3v) is 7.09. The van der Waals surface area contributed by atoms with Gasteiger partial charge in [-0.05, 0) is 30.9 Å². The Bertz CT molecular complexity index is 876. The van der Waals surface area contributed by atoms with Crippen LogP contribution in [0.5, 0.6) is 0 Å². The van der Waals surface area contributed by atoms with Gasteiger partial charge in [0.05, 0.1) is 11.5 Å². The Kier molecular flexibility index (Phi) is 8.91. The van der Waals surface area contributed by atoms with Gasteiger partial charge in [-0.1, -0.05) is 60.7 Å². The molecule has 168 valence electrons. The lowest BCUT2D eigenvalue weighted by molar-refractivity contribution is 0.255. The van der Waals surface area contributed by atoms with Crippen LogP contribution in [-0.2, 0) is 22.9 Å². The molecule has 2 aromatic rings. The molecular weight excluding hydrogens is 408 g/mol. The van der Waals surface area contributed by atoms with Crippen molar-refractivity contribution < 1.29 is 8.42 Å². The van der Waals surface area contributed by atoms with Gasteiger partial charge >= 0.3 is 0 Å². The topological polar surface area (TPSA) is 73.8 Å². The average molecular weight is 443 g/mol. The first-order chi connectivity index (χ1) is 15.0. The summed E-state index contributed by atoms with van der Waals surface area (Å²) in [5.41, 5.74) is 2.61. The van der Waals surface area contributed by atoms with E-state index in [0.717, 1.165) is 32.6 Å². The number of guanidine groups is 1. The van der Waals surface area contributed by atoms with E-state index in [1.54, 1.807) is 0 Å². The molecule has 2 N–H and O–H groups in total. The summed E-state index contributed by atoms with van der Waals surface area (Å²) in [5.74, 6) is 1.17. The van der Waals surface area contributed by atoms with E-state index in [1.807, 2.05) is 19.1 Å². The van der Waals surface area contributed by atoms with Crippen molar-refractivity contribution in [2.75, 3.05) is 31.1 Å². The van der Waals surface area contributed by atoms with Gasteiger partial charge in [0.15, 0.2) is 15.8 Å². The van der Waals surface area contributed by atoms with Gasteiger partial charge in [0, 0.05) is 38.8 Å². The fourth-order valence-electron chi connectivity index (χ4n) is 3.80. The Balaban J connectivity index is 1.54. The Morgan fingerprint density at radius 1 is 1.03 bits per heavy atom. The molecule has 1 aliphatic heterocycles. The van der Waals surface area contributed by atoms with E-state index < -0.39 is 9.84 Å². The molecule has 3 rings (SSSR count). The number of nitrogens with one attached hydrogen (secondary N) is 2. The molecule has 1 unspecified atom stereocenters. The van der Waals surface area contributed by atoms with Crippen molar-refractivity contribution in [3.05, 3.63) is 71.8 Å². The summed E-state index contributed by atoms with van der Waals surface area (Å²) in [6.45, 7) is 6.19. The maximum absolute atomic E-state index is 11.7. The number of aliphatic imine (C=N–C) groups is 1. The molecule has 0 aliphatic carbocycles. The van der Waals surface area contributed by atoms with E-state index in [9.17, 15) is 8.42 Å². The van der Waals surface area contributed by atoms with Crippen molar-refractivity contribution >= 4 is 15.8 Å². The predicted octanol–water partition coefficient (Wildman–Crippen LogP) is 2.82. The zero-order chi connectivity index (χ0) is 21.9. The Morgan fingerprint density at radius 2 is 1.65 bits per heavy atom. The van der Waals surface area contributed by atoms with Gasteiger partial charge in [-0.25, -0.2) is 8.42 Å². The summed E-state index contributed by atoms with van der Waals surface area (Å²) >= 11 is 0. The van der Waals surface area contributed by atoms with Crippen LogP contribution in [0, 0.1) is 0 Å². The molecule has 6 nitrogen and oxygen atoms in total. The smallest absolute Gasteiger partial charge is 0.191 e. The fourth-order valence-corrected chi connectivity index (χ4v) is 5.48. The first kappa shape index (κ1) is 23.3. The van der Waals surface area contributed by atoms with Crippen LogP contribution in [0.3, 0.4) is 0 Å². The van der Waals surface area contributed by atoms with Gasteiger partial charge in [0.2, 0.25) is 0 Å². The molecule has 0 bridgehead atoms. The molecular formula is C24H34N4O2S. The number of nitrogens with zero attached hydrogens (tertiary/aromatic N) is 2. The van der Waals surface area contributed by atoms with Gasteiger partial charge in [-0.15, -0.1) is 0 Å². The second kappa shape index (κ2) is 11.9. The van der Waals surface area contributed by atoms with Gasteiger partial charge in [-0.3, -0.25) is 9.89 Å².